The van der Waals surface area contributed by atoms with Crippen LogP contribution in [0.5, 0.6) is 0 Å². The minimum Gasteiger partial charge on any atom is -0.350 e. The highest BCUT2D eigenvalue weighted by Gasteiger charge is 2.18. The fourth-order valence-corrected chi connectivity index (χ4v) is 3.28. The van der Waals surface area contributed by atoms with Gasteiger partial charge in [0.05, 0.1) is 10.9 Å². The van der Waals surface area contributed by atoms with E-state index in [4.69, 9.17) is 0 Å². The van der Waals surface area contributed by atoms with Crippen LogP contribution in [-0.2, 0) is 9.84 Å². The number of carbonyl (C=O) groups is 1. The number of carbonyl (C=O) groups excluding carboxylic acids is 1. The first-order chi connectivity index (χ1) is 11.7. The number of hydrogen-bond acceptors (Lipinski definition) is 4. The van der Waals surface area contributed by atoms with Crippen LogP contribution in [0.1, 0.15) is 27.5 Å². The van der Waals surface area contributed by atoms with Crippen molar-refractivity contribution in [3.05, 3.63) is 65.2 Å². The third-order valence-electron chi connectivity index (χ3n) is 4.15. The number of aryl methyl sites for hydroxylation is 1. The largest absolute Gasteiger partial charge is 0.350 e. The Bertz CT molecular complexity index is 846. The third kappa shape index (κ3) is 4.90. The third-order valence-corrected chi connectivity index (χ3v) is 5.26. The molecule has 1 amide bonds. The van der Waals surface area contributed by atoms with Crippen LogP contribution in [-0.4, -0.2) is 46.1 Å². The van der Waals surface area contributed by atoms with Gasteiger partial charge in [0.25, 0.3) is 5.91 Å². The molecule has 5 nitrogen and oxygen atoms in total. The molecule has 1 N–H and O–H groups in total. The molecule has 0 heterocycles. The summed E-state index contributed by atoms with van der Waals surface area (Å²) in [5, 5.41) is 2.92. The second kappa shape index (κ2) is 7.80. The average molecular weight is 360 g/mol. The molecule has 2 rings (SSSR count). The first kappa shape index (κ1) is 19.1. The first-order valence-corrected chi connectivity index (χ1v) is 9.89. The highest BCUT2D eigenvalue weighted by molar-refractivity contribution is 7.90. The summed E-state index contributed by atoms with van der Waals surface area (Å²) in [4.78, 5) is 14.8. The second-order valence-corrected chi connectivity index (χ2v) is 8.36. The zero-order chi connectivity index (χ0) is 18.6. The molecule has 0 fully saturated rings. The molecule has 0 aliphatic carbocycles. The summed E-state index contributed by atoms with van der Waals surface area (Å²) in [6.07, 6.45) is 1.14. The first-order valence-electron chi connectivity index (χ1n) is 8.00. The number of amides is 1. The maximum atomic E-state index is 12.6. The summed E-state index contributed by atoms with van der Waals surface area (Å²) in [7, 11) is 0.564. The van der Waals surface area contributed by atoms with E-state index >= 15 is 0 Å². The number of likely N-dealkylation sites (N-methyl/N-ethyl adjacent to an activating group) is 1. The van der Waals surface area contributed by atoms with Crippen LogP contribution in [0.4, 0.5) is 0 Å². The lowest BCUT2D eigenvalue weighted by Crippen LogP contribution is -2.34. The second-order valence-electron chi connectivity index (χ2n) is 6.35. The number of nitrogens with one attached hydrogen (secondary N) is 1. The zero-order valence-corrected chi connectivity index (χ0v) is 15.8. The van der Waals surface area contributed by atoms with Gasteiger partial charge in [-0.3, -0.25) is 4.79 Å². The van der Waals surface area contributed by atoms with Gasteiger partial charge in [0.2, 0.25) is 0 Å². The molecule has 25 heavy (non-hydrogen) atoms. The number of benzene rings is 2. The van der Waals surface area contributed by atoms with Crippen LogP contribution in [0, 0.1) is 6.92 Å². The van der Waals surface area contributed by atoms with E-state index in [0.29, 0.717) is 12.1 Å². The average Bonchev–Trinajstić information content (AvgIpc) is 2.54. The van der Waals surface area contributed by atoms with Crippen LogP contribution in [0.3, 0.4) is 0 Å². The highest BCUT2D eigenvalue weighted by atomic mass is 32.2. The van der Waals surface area contributed by atoms with Crippen molar-refractivity contribution in [2.75, 3.05) is 26.9 Å². The van der Waals surface area contributed by atoms with E-state index in [9.17, 15) is 13.2 Å². The molecule has 6 heteroatoms. The Kier molecular flexibility index (Phi) is 5.98. The van der Waals surface area contributed by atoms with E-state index in [1.807, 2.05) is 49.3 Å². The number of nitrogens with zero attached hydrogens (tertiary/aromatic N) is 1. The molecular weight excluding hydrogens is 336 g/mol. The molecule has 2 aromatic carbocycles. The molecule has 0 radical (unpaired) electrons. The van der Waals surface area contributed by atoms with Gasteiger partial charge in [-0.05, 0) is 44.3 Å². The quantitative estimate of drug-likeness (QED) is 0.859. The van der Waals surface area contributed by atoms with Gasteiger partial charge in [-0.2, -0.15) is 0 Å². The lowest BCUT2D eigenvalue weighted by molar-refractivity contribution is 0.0941. The molecule has 0 aliphatic rings. The predicted molar refractivity (Wildman–Crippen MR) is 99.5 cm³/mol. The SMILES string of the molecule is Cc1ccc(S(C)(=O)=O)cc1C(=O)NC[C@@H](c1ccccc1)N(C)C. The Labute approximate surface area is 149 Å². The van der Waals surface area contributed by atoms with Crippen molar-refractivity contribution >= 4 is 15.7 Å². The maximum Gasteiger partial charge on any atom is 0.251 e. The van der Waals surface area contributed by atoms with Gasteiger partial charge in [-0.25, -0.2) is 8.42 Å². The molecule has 0 aliphatic heterocycles. The molecule has 0 spiro atoms. The Hall–Kier alpha value is -2.18. The highest BCUT2D eigenvalue weighted by Crippen LogP contribution is 2.18. The van der Waals surface area contributed by atoms with E-state index in [1.165, 1.54) is 12.1 Å². The van der Waals surface area contributed by atoms with E-state index < -0.39 is 9.84 Å². The summed E-state index contributed by atoms with van der Waals surface area (Å²) in [5.41, 5.74) is 2.23. The van der Waals surface area contributed by atoms with Crippen LogP contribution in [0.15, 0.2) is 53.4 Å². The van der Waals surface area contributed by atoms with E-state index in [1.54, 1.807) is 13.0 Å². The molecule has 1 atom stereocenters. The van der Waals surface area contributed by atoms with E-state index in [-0.39, 0.29) is 16.8 Å². The molecule has 0 saturated carbocycles. The van der Waals surface area contributed by atoms with Crippen molar-refractivity contribution < 1.29 is 13.2 Å². The topological polar surface area (TPSA) is 66.5 Å². The van der Waals surface area contributed by atoms with E-state index in [0.717, 1.165) is 17.4 Å². The van der Waals surface area contributed by atoms with Crippen molar-refractivity contribution in [1.82, 2.24) is 10.2 Å². The predicted octanol–water partition coefficient (Wildman–Crippen LogP) is 2.43. The molecule has 0 aromatic heterocycles. The maximum absolute atomic E-state index is 12.6. The minimum atomic E-state index is -3.35. The smallest absolute Gasteiger partial charge is 0.251 e. The van der Waals surface area contributed by atoms with Gasteiger partial charge in [0.1, 0.15) is 0 Å². The number of hydrogen-bond donors (Lipinski definition) is 1. The fourth-order valence-electron chi connectivity index (χ4n) is 2.63. The summed E-state index contributed by atoms with van der Waals surface area (Å²) in [6, 6.07) is 14.6. The molecule has 2 aromatic rings. The molecule has 0 saturated heterocycles. The van der Waals surface area contributed by atoms with Crippen molar-refractivity contribution in [3.8, 4) is 0 Å². The van der Waals surface area contributed by atoms with Crippen molar-refractivity contribution in [2.24, 2.45) is 0 Å². The van der Waals surface area contributed by atoms with Crippen LogP contribution >= 0.6 is 0 Å². The Balaban J connectivity index is 2.19. The molecule has 0 bridgehead atoms. The van der Waals surface area contributed by atoms with Gasteiger partial charge in [0.15, 0.2) is 9.84 Å². The van der Waals surface area contributed by atoms with Crippen LogP contribution < -0.4 is 5.32 Å². The number of sulfone groups is 1. The van der Waals surface area contributed by atoms with Gasteiger partial charge < -0.3 is 10.2 Å². The summed E-state index contributed by atoms with van der Waals surface area (Å²) in [6.45, 7) is 2.22. The summed E-state index contributed by atoms with van der Waals surface area (Å²) >= 11 is 0. The lowest BCUT2D eigenvalue weighted by Gasteiger charge is -2.25. The van der Waals surface area contributed by atoms with Gasteiger partial charge in [-0.1, -0.05) is 36.4 Å². The lowest BCUT2D eigenvalue weighted by atomic mass is 10.1. The Morgan fingerprint density at radius 2 is 1.76 bits per heavy atom. The Morgan fingerprint density at radius 3 is 2.32 bits per heavy atom. The molecule has 0 unspecified atom stereocenters. The number of rotatable bonds is 6. The summed E-state index contributed by atoms with van der Waals surface area (Å²) in [5.74, 6) is -0.272. The van der Waals surface area contributed by atoms with Gasteiger partial charge in [-0.15, -0.1) is 0 Å². The zero-order valence-electron chi connectivity index (χ0n) is 15.0. The molecule has 134 valence electrons. The van der Waals surface area contributed by atoms with Crippen LogP contribution in [0.25, 0.3) is 0 Å². The van der Waals surface area contributed by atoms with Gasteiger partial charge in [0, 0.05) is 18.4 Å². The fraction of sp³-hybridized carbons (Fsp3) is 0.316. The van der Waals surface area contributed by atoms with Crippen molar-refractivity contribution in [1.29, 1.82) is 0 Å². The monoisotopic (exact) mass is 360 g/mol. The minimum absolute atomic E-state index is 0.0311. The van der Waals surface area contributed by atoms with Crippen molar-refractivity contribution in [3.63, 3.8) is 0 Å². The summed E-state index contributed by atoms with van der Waals surface area (Å²) < 4.78 is 23.4. The standard InChI is InChI=1S/C19H24N2O3S/c1-14-10-11-16(25(4,23)24)12-17(14)19(22)20-13-18(21(2)3)15-8-6-5-7-9-15/h5-12,18H,13H2,1-4H3,(H,20,22)/t18-/m0/s1. The van der Waals surface area contributed by atoms with Crippen molar-refractivity contribution in [2.45, 2.75) is 17.9 Å². The molecular formula is C19H24N2O3S. The van der Waals surface area contributed by atoms with Gasteiger partial charge >= 0.3 is 0 Å². The Morgan fingerprint density at radius 1 is 1.12 bits per heavy atom. The normalized spacial score (nSPS) is 12.8. The van der Waals surface area contributed by atoms with Crippen LogP contribution in [0.2, 0.25) is 0 Å². The van der Waals surface area contributed by atoms with E-state index in [2.05, 4.69) is 5.32 Å².